The molecule has 160 valence electrons. The molecule has 30 heavy (non-hydrogen) atoms. The van der Waals surface area contributed by atoms with Crippen LogP contribution in [-0.4, -0.2) is 44.6 Å². The number of esters is 1. The number of carbonyl (C=O) groups excluding carboxylic acids is 3. The molecule has 0 saturated heterocycles. The summed E-state index contributed by atoms with van der Waals surface area (Å²) in [5, 5.41) is 2.66. The lowest BCUT2D eigenvalue weighted by molar-refractivity contribution is -0.153. The Kier molecular flexibility index (Phi) is 8.22. The van der Waals surface area contributed by atoms with Crippen LogP contribution >= 0.6 is 0 Å². The minimum atomic E-state index is -0.986. The number of nitrogens with one attached hydrogen (secondary N) is 1. The van der Waals surface area contributed by atoms with E-state index in [4.69, 9.17) is 18.9 Å². The fraction of sp³-hybridized carbons (Fsp3) is 0.318. The molecule has 0 aliphatic carbocycles. The van der Waals surface area contributed by atoms with Gasteiger partial charge in [-0.3, -0.25) is 14.4 Å². The number of amides is 1. The van der Waals surface area contributed by atoms with Gasteiger partial charge in [0, 0.05) is 17.3 Å². The van der Waals surface area contributed by atoms with Crippen LogP contribution in [0.5, 0.6) is 17.2 Å². The lowest BCUT2D eigenvalue weighted by atomic mass is 10.1. The molecule has 0 radical (unpaired) electrons. The number of ketones is 1. The van der Waals surface area contributed by atoms with Crippen LogP contribution in [0.3, 0.4) is 0 Å². The summed E-state index contributed by atoms with van der Waals surface area (Å²) < 4.78 is 20.9. The Hall–Kier alpha value is -3.55. The molecule has 0 aliphatic rings. The number of benzene rings is 2. The molecule has 1 N–H and O–H groups in total. The molecule has 2 rings (SSSR count). The van der Waals surface area contributed by atoms with Gasteiger partial charge in [-0.1, -0.05) is 0 Å². The van der Waals surface area contributed by atoms with Crippen molar-refractivity contribution in [3.63, 3.8) is 0 Å². The molecule has 0 heterocycles. The first-order valence-corrected chi connectivity index (χ1v) is 9.30. The first-order chi connectivity index (χ1) is 14.3. The van der Waals surface area contributed by atoms with Gasteiger partial charge in [-0.25, -0.2) is 0 Å². The third-order valence-corrected chi connectivity index (χ3v) is 4.16. The predicted octanol–water partition coefficient (Wildman–Crippen LogP) is 3.25. The highest BCUT2D eigenvalue weighted by atomic mass is 16.6. The number of anilines is 1. The first-order valence-electron chi connectivity index (χ1n) is 9.30. The molecule has 2 aromatic rings. The van der Waals surface area contributed by atoms with E-state index in [0.29, 0.717) is 28.5 Å². The van der Waals surface area contributed by atoms with Crippen LogP contribution in [0.25, 0.3) is 0 Å². The van der Waals surface area contributed by atoms with Crippen molar-refractivity contribution in [3.8, 4) is 17.2 Å². The zero-order chi connectivity index (χ0) is 22.1. The van der Waals surface area contributed by atoms with Crippen LogP contribution in [0.4, 0.5) is 5.69 Å². The quantitative estimate of drug-likeness (QED) is 0.470. The highest BCUT2D eigenvalue weighted by Crippen LogP contribution is 2.29. The van der Waals surface area contributed by atoms with Gasteiger partial charge in [-0.2, -0.15) is 0 Å². The molecule has 1 atom stereocenters. The van der Waals surface area contributed by atoms with Gasteiger partial charge in [0.05, 0.1) is 27.2 Å². The summed E-state index contributed by atoms with van der Waals surface area (Å²) >= 11 is 0. The molecule has 1 unspecified atom stereocenters. The molecule has 0 bridgehead atoms. The van der Waals surface area contributed by atoms with Crippen molar-refractivity contribution >= 4 is 23.3 Å². The molecule has 1 amide bonds. The summed E-state index contributed by atoms with van der Waals surface area (Å²) in [5.74, 6) is 0.457. The second-order valence-corrected chi connectivity index (χ2v) is 6.37. The third kappa shape index (κ3) is 6.51. The summed E-state index contributed by atoms with van der Waals surface area (Å²) in [6.07, 6.45) is -1.01. The fourth-order valence-corrected chi connectivity index (χ4v) is 2.51. The van der Waals surface area contributed by atoms with E-state index in [9.17, 15) is 14.4 Å². The highest BCUT2D eigenvalue weighted by Gasteiger charge is 2.18. The predicted molar refractivity (Wildman–Crippen MR) is 110 cm³/mol. The van der Waals surface area contributed by atoms with Crippen molar-refractivity contribution < 1.29 is 33.3 Å². The van der Waals surface area contributed by atoms with E-state index < -0.39 is 18.0 Å². The molecule has 0 saturated carbocycles. The van der Waals surface area contributed by atoms with Gasteiger partial charge in [-0.05, 0) is 50.2 Å². The van der Waals surface area contributed by atoms with Crippen molar-refractivity contribution in [1.29, 1.82) is 0 Å². The van der Waals surface area contributed by atoms with Crippen LogP contribution < -0.4 is 19.5 Å². The van der Waals surface area contributed by atoms with E-state index in [0.717, 1.165) is 0 Å². The zero-order valence-corrected chi connectivity index (χ0v) is 17.4. The van der Waals surface area contributed by atoms with Gasteiger partial charge >= 0.3 is 5.97 Å². The number of methoxy groups -OCH3 is 2. The first kappa shape index (κ1) is 22.7. The summed E-state index contributed by atoms with van der Waals surface area (Å²) in [4.78, 5) is 35.5. The molecule has 2 aromatic carbocycles. The Bertz CT molecular complexity index is 893. The lowest BCUT2D eigenvalue weighted by Crippen LogP contribution is -2.30. The van der Waals surface area contributed by atoms with Crippen LogP contribution in [0.2, 0.25) is 0 Å². The van der Waals surface area contributed by atoms with E-state index in [1.807, 2.05) is 0 Å². The molecule has 0 fully saturated rings. The molecule has 8 nitrogen and oxygen atoms in total. The zero-order valence-electron chi connectivity index (χ0n) is 17.4. The average molecular weight is 415 g/mol. The van der Waals surface area contributed by atoms with Gasteiger partial charge in [0.1, 0.15) is 5.75 Å². The second-order valence-electron chi connectivity index (χ2n) is 6.37. The Morgan fingerprint density at radius 3 is 2.23 bits per heavy atom. The maximum absolute atomic E-state index is 12.3. The summed E-state index contributed by atoms with van der Waals surface area (Å²) in [6, 6.07) is 11.5. The van der Waals surface area contributed by atoms with E-state index in [1.165, 1.54) is 28.1 Å². The summed E-state index contributed by atoms with van der Waals surface area (Å²) in [6.45, 7) is 3.05. The number of Topliss-reactive ketones (excluding diaryl/α,β-unsaturated/α-hetero) is 1. The van der Waals surface area contributed by atoms with Gasteiger partial charge in [0.2, 0.25) is 0 Å². The third-order valence-electron chi connectivity index (χ3n) is 4.16. The smallest absolute Gasteiger partial charge is 0.310 e. The molecule has 0 spiro atoms. The summed E-state index contributed by atoms with van der Waals surface area (Å²) in [7, 11) is 3.01. The van der Waals surface area contributed by atoms with Crippen molar-refractivity contribution in [1.82, 2.24) is 0 Å². The van der Waals surface area contributed by atoms with Crippen LogP contribution in [0.1, 0.15) is 30.6 Å². The van der Waals surface area contributed by atoms with E-state index in [1.54, 1.807) is 42.5 Å². The lowest BCUT2D eigenvalue weighted by Gasteiger charge is -2.15. The Labute approximate surface area is 175 Å². The maximum Gasteiger partial charge on any atom is 0.310 e. The minimum Gasteiger partial charge on any atom is -0.493 e. The topological polar surface area (TPSA) is 100 Å². The van der Waals surface area contributed by atoms with Crippen LogP contribution in [0.15, 0.2) is 42.5 Å². The minimum absolute atomic E-state index is 0.0254. The molecular weight excluding hydrogens is 390 g/mol. The number of hydrogen-bond donors (Lipinski definition) is 1. The van der Waals surface area contributed by atoms with E-state index in [2.05, 4.69) is 5.32 Å². The van der Waals surface area contributed by atoms with Gasteiger partial charge in [0.25, 0.3) is 5.91 Å². The average Bonchev–Trinajstić information content (AvgIpc) is 2.73. The number of hydrogen-bond acceptors (Lipinski definition) is 7. The van der Waals surface area contributed by atoms with E-state index in [-0.39, 0.29) is 18.8 Å². The van der Waals surface area contributed by atoms with Crippen molar-refractivity contribution in [3.05, 3.63) is 48.0 Å². The second kappa shape index (κ2) is 10.8. The standard InChI is InChI=1S/C22H25NO7/c1-14(24)16-5-8-18(9-6-16)29-12-11-21(25)30-15(2)22(26)23-17-7-10-19(27-3)20(13-17)28-4/h5-10,13,15H,11-12H2,1-4H3,(H,23,26). The fourth-order valence-electron chi connectivity index (χ4n) is 2.51. The van der Waals surface area contributed by atoms with Gasteiger partial charge < -0.3 is 24.3 Å². The SMILES string of the molecule is COc1ccc(NC(=O)C(C)OC(=O)CCOc2ccc(C(C)=O)cc2)cc1OC. The Morgan fingerprint density at radius 2 is 1.63 bits per heavy atom. The Morgan fingerprint density at radius 1 is 0.967 bits per heavy atom. The van der Waals surface area contributed by atoms with E-state index >= 15 is 0 Å². The number of rotatable bonds is 10. The molecule has 0 aromatic heterocycles. The Balaban J connectivity index is 1.79. The largest absolute Gasteiger partial charge is 0.493 e. The number of carbonyl (C=O) groups is 3. The normalized spacial score (nSPS) is 11.2. The summed E-state index contributed by atoms with van der Waals surface area (Å²) in [5.41, 5.74) is 1.06. The number of ether oxygens (including phenoxy) is 4. The van der Waals surface area contributed by atoms with Crippen molar-refractivity contribution in [2.45, 2.75) is 26.4 Å². The molecule has 0 aliphatic heterocycles. The molecule has 8 heteroatoms. The van der Waals surface area contributed by atoms with Crippen LogP contribution in [-0.2, 0) is 14.3 Å². The van der Waals surface area contributed by atoms with Crippen molar-refractivity contribution in [2.75, 3.05) is 26.1 Å². The van der Waals surface area contributed by atoms with Crippen LogP contribution in [0, 0.1) is 0 Å². The van der Waals surface area contributed by atoms with Gasteiger partial charge in [0.15, 0.2) is 23.4 Å². The van der Waals surface area contributed by atoms with Crippen molar-refractivity contribution in [2.24, 2.45) is 0 Å². The monoisotopic (exact) mass is 415 g/mol. The maximum atomic E-state index is 12.3. The molecular formula is C22H25NO7. The van der Waals surface area contributed by atoms with Gasteiger partial charge in [-0.15, -0.1) is 0 Å². The highest BCUT2D eigenvalue weighted by molar-refractivity contribution is 5.95.